The van der Waals surface area contributed by atoms with Gasteiger partial charge in [-0.25, -0.2) is 14.4 Å². The van der Waals surface area contributed by atoms with E-state index in [9.17, 15) is 9.50 Å². The Balaban J connectivity index is 2.51. The molecule has 1 aromatic carbocycles. The first kappa shape index (κ1) is 13.7. The summed E-state index contributed by atoms with van der Waals surface area (Å²) in [6, 6.07) is 6.16. The molecule has 0 aliphatic carbocycles. The Labute approximate surface area is 115 Å². The SMILES string of the molecule is CCN(c1cccc(F)c1)c1ncnc(Cl)c1CO. The van der Waals surface area contributed by atoms with Crippen LogP contribution in [-0.4, -0.2) is 21.6 Å². The molecular formula is C13H13ClFN3O. The molecule has 0 bridgehead atoms. The van der Waals surface area contributed by atoms with Crippen LogP contribution in [0.1, 0.15) is 12.5 Å². The number of aromatic nitrogens is 2. The first-order chi connectivity index (χ1) is 9.17. The Kier molecular flexibility index (Phi) is 4.29. The van der Waals surface area contributed by atoms with Gasteiger partial charge in [0, 0.05) is 12.2 Å². The molecule has 19 heavy (non-hydrogen) atoms. The van der Waals surface area contributed by atoms with Crippen molar-refractivity contribution in [1.82, 2.24) is 9.97 Å². The van der Waals surface area contributed by atoms with E-state index in [2.05, 4.69) is 9.97 Å². The van der Waals surface area contributed by atoms with Crippen LogP contribution in [-0.2, 0) is 6.61 Å². The van der Waals surface area contributed by atoms with E-state index in [4.69, 9.17) is 11.6 Å². The van der Waals surface area contributed by atoms with Gasteiger partial charge in [0.2, 0.25) is 0 Å². The van der Waals surface area contributed by atoms with Crippen LogP contribution in [0.4, 0.5) is 15.9 Å². The van der Waals surface area contributed by atoms with Gasteiger partial charge in [0.15, 0.2) is 0 Å². The van der Waals surface area contributed by atoms with Gasteiger partial charge in [-0.1, -0.05) is 17.7 Å². The van der Waals surface area contributed by atoms with E-state index in [0.717, 1.165) is 0 Å². The number of nitrogens with zero attached hydrogens (tertiary/aromatic N) is 3. The summed E-state index contributed by atoms with van der Waals surface area (Å²) in [5.74, 6) is 0.150. The van der Waals surface area contributed by atoms with Gasteiger partial charge >= 0.3 is 0 Å². The standard InChI is InChI=1S/C13H13ClFN3O/c1-2-18(10-5-3-4-9(15)6-10)13-11(7-19)12(14)16-8-17-13/h3-6,8,19H,2,7H2,1H3. The lowest BCUT2D eigenvalue weighted by Gasteiger charge is -2.24. The van der Waals surface area contributed by atoms with E-state index >= 15 is 0 Å². The second-order valence-corrected chi connectivity index (χ2v) is 4.21. The van der Waals surface area contributed by atoms with Crippen molar-refractivity contribution in [2.45, 2.75) is 13.5 Å². The highest BCUT2D eigenvalue weighted by atomic mass is 35.5. The lowest BCUT2D eigenvalue weighted by atomic mass is 10.2. The summed E-state index contributed by atoms with van der Waals surface area (Å²) in [6.07, 6.45) is 1.32. The zero-order chi connectivity index (χ0) is 13.8. The second kappa shape index (κ2) is 5.95. The van der Waals surface area contributed by atoms with Crippen molar-refractivity contribution >= 4 is 23.1 Å². The molecule has 0 saturated heterocycles. The number of hydrogen-bond donors (Lipinski definition) is 1. The predicted octanol–water partition coefficient (Wildman–Crippen LogP) is 2.92. The first-order valence-corrected chi connectivity index (χ1v) is 6.18. The minimum atomic E-state index is -0.332. The Hall–Kier alpha value is -1.72. The quantitative estimate of drug-likeness (QED) is 0.876. The molecule has 1 aromatic heterocycles. The van der Waals surface area contributed by atoms with Gasteiger partial charge in [0.1, 0.15) is 23.1 Å². The molecule has 0 unspecified atom stereocenters. The molecule has 0 fully saturated rings. The Morgan fingerprint density at radius 1 is 1.37 bits per heavy atom. The number of halogens is 2. The average molecular weight is 282 g/mol. The molecule has 0 aliphatic heterocycles. The number of benzene rings is 1. The molecule has 2 aromatic rings. The third-order valence-electron chi connectivity index (χ3n) is 2.72. The van der Waals surface area contributed by atoms with Gasteiger partial charge < -0.3 is 10.0 Å². The minimum absolute atomic E-state index is 0.197. The van der Waals surface area contributed by atoms with Gasteiger partial charge in [-0.3, -0.25) is 0 Å². The van der Waals surface area contributed by atoms with E-state index in [0.29, 0.717) is 23.6 Å². The summed E-state index contributed by atoms with van der Waals surface area (Å²) < 4.78 is 13.3. The summed E-state index contributed by atoms with van der Waals surface area (Å²) in [7, 11) is 0. The monoisotopic (exact) mass is 281 g/mol. The summed E-state index contributed by atoms with van der Waals surface area (Å²) in [6.45, 7) is 2.19. The highest BCUT2D eigenvalue weighted by molar-refractivity contribution is 6.30. The summed E-state index contributed by atoms with van der Waals surface area (Å²) in [4.78, 5) is 9.73. The van der Waals surface area contributed by atoms with E-state index in [1.165, 1.54) is 18.5 Å². The van der Waals surface area contributed by atoms with Gasteiger partial charge in [-0.2, -0.15) is 0 Å². The van der Waals surface area contributed by atoms with Gasteiger partial charge in [0.05, 0.1) is 12.2 Å². The van der Waals surface area contributed by atoms with Crippen molar-refractivity contribution in [1.29, 1.82) is 0 Å². The molecule has 100 valence electrons. The van der Waals surface area contributed by atoms with Crippen LogP contribution in [0.2, 0.25) is 5.15 Å². The van der Waals surface area contributed by atoms with E-state index in [1.54, 1.807) is 17.0 Å². The fraction of sp³-hybridized carbons (Fsp3) is 0.231. The third kappa shape index (κ3) is 2.83. The van der Waals surface area contributed by atoms with Crippen molar-refractivity contribution in [2.24, 2.45) is 0 Å². The van der Waals surface area contributed by atoms with Crippen molar-refractivity contribution < 1.29 is 9.50 Å². The van der Waals surface area contributed by atoms with Crippen LogP contribution in [0, 0.1) is 5.82 Å². The molecule has 0 amide bonds. The molecule has 1 heterocycles. The van der Waals surface area contributed by atoms with Crippen molar-refractivity contribution in [2.75, 3.05) is 11.4 Å². The largest absolute Gasteiger partial charge is 0.391 e. The smallest absolute Gasteiger partial charge is 0.143 e. The fourth-order valence-corrected chi connectivity index (χ4v) is 2.04. The van der Waals surface area contributed by atoms with E-state index < -0.39 is 0 Å². The minimum Gasteiger partial charge on any atom is -0.391 e. The molecule has 0 radical (unpaired) electrons. The zero-order valence-corrected chi connectivity index (χ0v) is 11.1. The van der Waals surface area contributed by atoms with Crippen LogP contribution >= 0.6 is 11.6 Å². The molecule has 2 rings (SSSR count). The van der Waals surface area contributed by atoms with Crippen molar-refractivity contribution in [3.63, 3.8) is 0 Å². The molecule has 6 heteroatoms. The maximum absolute atomic E-state index is 13.3. The Morgan fingerprint density at radius 3 is 2.79 bits per heavy atom. The molecule has 4 nitrogen and oxygen atoms in total. The molecule has 1 N–H and O–H groups in total. The molecule has 0 aliphatic rings. The van der Waals surface area contributed by atoms with Gasteiger partial charge in [0.25, 0.3) is 0 Å². The Morgan fingerprint density at radius 2 is 2.16 bits per heavy atom. The number of hydrogen-bond acceptors (Lipinski definition) is 4. The topological polar surface area (TPSA) is 49.2 Å². The third-order valence-corrected chi connectivity index (χ3v) is 3.05. The maximum atomic E-state index is 13.3. The number of aliphatic hydroxyl groups excluding tert-OH is 1. The van der Waals surface area contributed by atoms with Crippen molar-refractivity contribution in [3.05, 3.63) is 47.1 Å². The molecule has 0 atom stereocenters. The highest BCUT2D eigenvalue weighted by Gasteiger charge is 2.16. The molecular weight excluding hydrogens is 269 g/mol. The lowest BCUT2D eigenvalue weighted by Crippen LogP contribution is -2.19. The second-order valence-electron chi connectivity index (χ2n) is 3.85. The lowest BCUT2D eigenvalue weighted by molar-refractivity contribution is 0.281. The van der Waals surface area contributed by atoms with Crippen molar-refractivity contribution in [3.8, 4) is 0 Å². The number of aliphatic hydroxyl groups is 1. The van der Waals surface area contributed by atoms with Crippen LogP contribution in [0.25, 0.3) is 0 Å². The van der Waals surface area contributed by atoms with Crippen LogP contribution in [0.3, 0.4) is 0 Å². The van der Waals surface area contributed by atoms with E-state index in [1.807, 2.05) is 6.92 Å². The van der Waals surface area contributed by atoms with Crippen LogP contribution in [0.15, 0.2) is 30.6 Å². The summed E-state index contributed by atoms with van der Waals surface area (Å²) in [5, 5.41) is 9.58. The number of rotatable bonds is 4. The Bertz CT molecular complexity index is 580. The maximum Gasteiger partial charge on any atom is 0.143 e. The molecule has 0 saturated carbocycles. The van der Waals surface area contributed by atoms with Crippen LogP contribution < -0.4 is 4.90 Å². The predicted molar refractivity (Wildman–Crippen MR) is 72.0 cm³/mol. The zero-order valence-electron chi connectivity index (χ0n) is 10.3. The fourth-order valence-electron chi connectivity index (χ4n) is 1.85. The highest BCUT2D eigenvalue weighted by Crippen LogP contribution is 2.29. The average Bonchev–Trinajstić information content (AvgIpc) is 2.40. The van der Waals surface area contributed by atoms with E-state index in [-0.39, 0.29) is 17.6 Å². The normalized spacial score (nSPS) is 10.5. The first-order valence-electron chi connectivity index (χ1n) is 5.80. The van der Waals surface area contributed by atoms with Gasteiger partial charge in [-0.05, 0) is 25.1 Å². The molecule has 0 spiro atoms. The summed E-state index contributed by atoms with van der Waals surface area (Å²) in [5.41, 5.74) is 1.07. The van der Waals surface area contributed by atoms with Crippen LogP contribution in [0.5, 0.6) is 0 Å². The number of anilines is 2. The summed E-state index contributed by atoms with van der Waals surface area (Å²) >= 11 is 5.94. The van der Waals surface area contributed by atoms with Gasteiger partial charge in [-0.15, -0.1) is 0 Å².